The van der Waals surface area contributed by atoms with Gasteiger partial charge in [0.15, 0.2) is 16.8 Å². The number of anilines is 1. The zero-order valence-corrected chi connectivity index (χ0v) is 10.7. The van der Waals surface area contributed by atoms with E-state index >= 15 is 0 Å². The van der Waals surface area contributed by atoms with Gasteiger partial charge in [-0.15, -0.1) is 0 Å². The highest BCUT2D eigenvalue weighted by molar-refractivity contribution is 6.29. The number of nitrogens with one attached hydrogen (secondary N) is 1. The minimum atomic E-state index is -0.739. The molecule has 0 aliphatic rings. The van der Waals surface area contributed by atoms with Gasteiger partial charge < -0.3 is 10.2 Å². The van der Waals surface area contributed by atoms with Gasteiger partial charge in [0.05, 0.1) is 5.56 Å². The second-order valence-electron chi connectivity index (χ2n) is 4.09. The number of nitrogens with zero attached hydrogens (tertiary/aromatic N) is 1. The summed E-state index contributed by atoms with van der Waals surface area (Å²) in [7, 11) is 0. The number of rotatable bonds is 2. The molecule has 0 amide bonds. The van der Waals surface area contributed by atoms with Gasteiger partial charge in [-0.25, -0.2) is 8.78 Å². The number of hydrogen-bond acceptors (Lipinski definition) is 3. The third-order valence-corrected chi connectivity index (χ3v) is 3.02. The first-order valence-corrected chi connectivity index (χ1v) is 5.99. The maximum atomic E-state index is 13.9. The highest BCUT2D eigenvalue weighted by Gasteiger charge is 2.20. The van der Waals surface area contributed by atoms with E-state index in [0.29, 0.717) is 17.0 Å². The van der Waals surface area contributed by atoms with Crippen LogP contribution in [-0.2, 0) is 0 Å². The van der Waals surface area contributed by atoms with Crippen molar-refractivity contribution in [2.75, 3.05) is 5.73 Å². The van der Waals surface area contributed by atoms with Crippen molar-refractivity contribution in [1.29, 1.82) is 0 Å². The Morgan fingerprint density at radius 2 is 2.00 bits per heavy atom. The summed E-state index contributed by atoms with van der Waals surface area (Å²) in [6.45, 7) is 0. The van der Waals surface area contributed by atoms with Crippen molar-refractivity contribution in [3.63, 3.8) is 0 Å². The molecule has 0 bridgehead atoms. The maximum Gasteiger partial charge on any atom is 0.194 e. The SMILES string of the molecule is Nc1n[nH]c(-c2ccc(Cl)o2)c1-c1ccc(F)cc1F. The summed E-state index contributed by atoms with van der Waals surface area (Å²) in [5.74, 6) is -0.969. The minimum absolute atomic E-state index is 0.0815. The van der Waals surface area contributed by atoms with Gasteiger partial charge in [-0.1, -0.05) is 0 Å². The molecule has 7 heteroatoms. The number of halogens is 3. The predicted molar refractivity (Wildman–Crippen MR) is 71.1 cm³/mol. The summed E-state index contributed by atoms with van der Waals surface area (Å²) in [6, 6.07) is 6.35. The van der Waals surface area contributed by atoms with Gasteiger partial charge in [0, 0.05) is 11.6 Å². The minimum Gasteiger partial charge on any atom is -0.443 e. The second kappa shape index (κ2) is 4.64. The molecule has 0 spiro atoms. The van der Waals surface area contributed by atoms with Crippen molar-refractivity contribution in [3.8, 4) is 22.6 Å². The fraction of sp³-hybridized carbons (Fsp3) is 0. The molecule has 2 aromatic heterocycles. The zero-order chi connectivity index (χ0) is 14.3. The lowest BCUT2D eigenvalue weighted by Gasteiger charge is -2.04. The summed E-state index contributed by atoms with van der Waals surface area (Å²) >= 11 is 5.71. The lowest BCUT2D eigenvalue weighted by Crippen LogP contribution is -1.92. The van der Waals surface area contributed by atoms with Gasteiger partial charge in [0.25, 0.3) is 0 Å². The molecular weight excluding hydrogens is 288 g/mol. The van der Waals surface area contributed by atoms with Crippen molar-refractivity contribution in [2.45, 2.75) is 0 Å². The van der Waals surface area contributed by atoms with Crippen LogP contribution in [0.1, 0.15) is 0 Å². The van der Waals surface area contributed by atoms with Crippen LogP contribution in [0, 0.1) is 11.6 Å². The van der Waals surface area contributed by atoms with Gasteiger partial charge in [0.1, 0.15) is 17.3 Å². The number of furan rings is 1. The number of nitrogens with two attached hydrogens (primary N) is 1. The molecule has 0 radical (unpaired) electrons. The number of H-pyrrole nitrogens is 1. The summed E-state index contributed by atoms with van der Waals surface area (Å²) < 4.78 is 32.1. The zero-order valence-electron chi connectivity index (χ0n) is 9.95. The number of benzene rings is 1. The van der Waals surface area contributed by atoms with Gasteiger partial charge in [-0.3, -0.25) is 5.10 Å². The van der Waals surface area contributed by atoms with E-state index in [1.807, 2.05) is 0 Å². The largest absolute Gasteiger partial charge is 0.443 e. The third kappa shape index (κ3) is 2.04. The van der Waals surface area contributed by atoms with Gasteiger partial charge in [0.2, 0.25) is 0 Å². The molecule has 102 valence electrons. The summed E-state index contributed by atoms with van der Waals surface area (Å²) in [5, 5.41) is 6.67. The van der Waals surface area contributed by atoms with E-state index in [2.05, 4.69) is 10.2 Å². The molecule has 3 N–H and O–H groups in total. The van der Waals surface area contributed by atoms with E-state index in [4.69, 9.17) is 21.8 Å². The Bertz CT molecular complexity index is 782. The van der Waals surface area contributed by atoms with E-state index < -0.39 is 11.6 Å². The Labute approximate surface area is 117 Å². The monoisotopic (exact) mass is 295 g/mol. The molecular formula is C13H8ClF2N3O. The third-order valence-electron chi connectivity index (χ3n) is 2.81. The standard InChI is InChI=1S/C13H8ClF2N3O/c14-10-4-3-9(20-10)12-11(13(17)19-18-12)7-2-1-6(15)5-8(7)16/h1-5H,(H3,17,18,19). The Morgan fingerprint density at radius 3 is 2.65 bits per heavy atom. The number of nitrogen functional groups attached to an aromatic ring is 1. The smallest absolute Gasteiger partial charge is 0.194 e. The topological polar surface area (TPSA) is 67.8 Å². The van der Waals surface area contributed by atoms with Crippen LogP contribution in [-0.4, -0.2) is 10.2 Å². The van der Waals surface area contributed by atoms with E-state index in [0.717, 1.165) is 12.1 Å². The molecule has 0 aliphatic heterocycles. The lowest BCUT2D eigenvalue weighted by atomic mass is 10.0. The number of aromatic nitrogens is 2. The summed E-state index contributed by atoms with van der Waals surface area (Å²) in [6.07, 6.45) is 0. The Kier molecular flexibility index (Phi) is 2.94. The van der Waals surface area contributed by atoms with Crippen LogP contribution in [0.25, 0.3) is 22.6 Å². The van der Waals surface area contributed by atoms with Gasteiger partial charge in [-0.05, 0) is 35.9 Å². The first kappa shape index (κ1) is 12.7. The van der Waals surface area contributed by atoms with Crippen LogP contribution in [0.5, 0.6) is 0 Å². The Morgan fingerprint density at radius 1 is 1.20 bits per heavy atom. The van der Waals surface area contributed by atoms with Crippen LogP contribution >= 0.6 is 11.6 Å². The molecule has 0 saturated carbocycles. The molecule has 2 heterocycles. The molecule has 0 aliphatic carbocycles. The average Bonchev–Trinajstić information content (AvgIpc) is 2.96. The maximum absolute atomic E-state index is 13.9. The van der Waals surface area contributed by atoms with Crippen LogP contribution in [0.4, 0.5) is 14.6 Å². The van der Waals surface area contributed by atoms with E-state index in [9.17, 15) is 8.78 Å². The fourth-order valence-corrected chi connectivity index (χ4v) is 2.09. The molecule has 3 rings (SSSR count). The van der Waals surface area contributed by atoms with Crippen LogP contribution < -0.4 is 5.73 Å². The van der Waals surface area contributed by atoms with Crippen LogP contribution in [0.15, 0.2) is 34.7 Å². The van der Waals surface area contributed by atoms with Crippen molar-refractivity contribution in [3.05, 3.63) is 47.2 Å². The highest BCUT2D eigenvalue weighted by Crippen LogP contribution is 2.37. The average molecular weight is 296 g/mol. The van der Waals surface area contributed by atoms with E-state index in [-0.39, 0.29) is 16.6 Å². The second-order valence-corrected chi connectivity index (χ2v) is 4.46. The highest BCUT2D eigenvalue weighted by atomic mass is 35.5. The molecule has 0 atom stereocenters. The van der Waals surface area contributed by atoms with Gasteiger partial charge >= 0.3 is 0 Å². The van der Waals surface area contributed by atoms with E-state index in [1.165, 1.54) is 6.07 Å². The Hall–Kier alpha value is -2.34. The molecule has 20 heavy (non-hydrogen) atoms. The van der Waals surface area contributed by atoms with E-state index in [1.54, 1.807) is 12.1 Å². The normalized spacial score (nSPS) is 10.9. The first-order valence-electron chi connectivity index (χ1n) is 5.61. The quantitative estimate of drug-likeness (QED) is 0.754. The lowest BCUT2D eigenvalue weighted by molar-refractivity contribution is 0.581. The van der Waals surface area contributed by atoms with Crippen LogP contribution in [0.2, 0.25) is 5.22 Å². The molecule has 0 unspecified atom stereocenters. The summed E-state index contributed by atoms with van der Waals surface area (Å²) in [4.78, 5) is 0. The van der Waals surface area contributed by atoms with Gasteiger partial charge in [-0.2, -0.15) is 5.10 Å². The summed E-state index contributed by atoms with van der Waals surface area (Å²) in [5.41, 5.74) is 6.55. The molecule has 3 aromatic rings. The molecule has 1 aromatic carbocycles. The molecule has 0 saturated heterocycles. The number of hydrogen-bond donors (Lipinski definition) is 2. The molecule has 4 nitrogen and oxygen atoms in total. The van der Waals surface area contributed by atoms with Crippen molar-refractivity contribution in [2.24, 2.45) is 0 Å². The van der Waals surface area contributed by atoms with Crippen molar-refractivity contribution in [1.82, 2.24) is 10.2 Å². The predicted octanol–water partition coefficient (Wildman–Crippen LogP) is 3.85. The van der Waals surface area contributed by atoms with Crippen molar-refractivity contribution < 1.29 is 13.2 Å². The first-order chi connectivity index (χ1) is 9.56. The Balaban J connectivity index is 2.21. The fourth-order valence-electron chi connectivity index (χ4n) is 1.95. The van der Waals surface area contributed by atoms with Crippen LogP contribution in [0.3, 0.4) is 0 Å². The number of aromatic amines is 1. The van der Waals surface area contributed by atoms with Crippen molar-refractivity contribution >= 4 is 17.4 Å². The molecule has 0 fully saturated rings.